The molecule has 0 saturated carbocycles. The van der Waals surface area contributed by atoms with E-state index in [1.54, 1.807) is 6.07 Å². The van der Waals surface area contributed by atoms with Crippen LogP contribution in [0, 0.1) is 23.1 Å². The van der Waals surface area contributed by atoms with Crippen LogP contribution in [0.25, 0.3) is 0 Å². The van der Waals surface area contributed by atoms with Crippen molar-refractivity contribution in [3.8, 4) is 17.6 Å². The molecule has 1 fully saturated rings. The van der Waals surface area contributed by atoms with Crippen LogP contribution in [0.1, 0.15) is 25.0 Å². The van der Waals surface area contributed by atoms with Gasteiger partial charge < -0.3 is 19.7 Å². The van der Waals surface area contributed by atoms with Gasteiger partial charge in [0.05, 0.1) is 35.8 Å². The van der Waals surface area contributed by atoms with Crippen molar-refractivity contribution in [3.05, 3.63) is 53.3 Å². The van der Waals surface area contributed by atoms with Gasteiger partial charge in [-0.3, -0.25) is 0 Å². The first kappa shape index (κ1) is 27.7. The molecule has 0 bridgehead atoms. The number of halogens is 4. The van der Waals surface area contributed by atoms with Crippen molar-refractivity contribution in [2.24, 2.45) is 5.92 Å². The van der Waals surface area contributed by atoms with E-state index < -0.39 is 63.9 Å². The third-order valence-electron chi connectivity index (χ3n) is 5.51. The van der Waals surface area contributed by atoms with E-state index in [2.05, 4.69) is 0 Å². The molecule has 8 nitrogen and oxygen atoms in total. The third-order valence-corrected chi connectivity index (χ3v) is 7.33. The summed E-state index contributed by atoms with van der Waals surface area (Å²) >= 11 is 0. The van der Waals surface area contributed by atoms with E-state index in [-0.39, 0.29) is 29.6 Å². The Morgan fingerprint density at radius 2 is 1.86 bits per heavy atom. The van der Waals surface area contributed by atoms with E-state index >= 15 is 0 Å². The molecule has 2 N–H and O–H groups in total. The number of nitrogens with zero attached hydrogens (tertiary/aromatic N) is 2. The van der Waals surface area contributed by atoms with Gasteiger partial charge in [0, 0.05) is 18.7 Å². The van der Waals surface area contributed by atoms with E-state index in [4.69, 9.17) is 14.7 Å². The van der Waals surface area contributed by atoms with Gasteiger partial charge >= 0.3 is 6.18 Å². The van der Waals surface area contributed by atoms with E-state index in [1.807, 2.05) is 13.8 Å². The number of ether oxygens (including phenoxy) is 2. The molecule has 0 amide bonds. The van der Waals surface area contributed by atoms with Crippen LogP contribution in [0.4, 0.5) is 17.6 Å². The lowest BCUT2D eigenvalue weighted by Gasteiger charge is -2.28. The molecular weight excluding hydrogens is 508 g/mol. The second-order valence-corrected chi connectivity index (χ2v) is 10.7. The second kappa shape index (κ2) is 10.2. The number of β-amino-alcohol motifs (C(OH)–C–C–N with tert-alkyl or cyclic N) is 1. The van der Waals surface area contributed by atoms with Crippen LogP contribution in [0.3, 0.4) is 0 Å². The van der Waals surface area contributed by atoms with Crippen molar-refractivity contribution >= 4 is 10.0 Å². The number of hydrogen-bond donors (Lipinski definition) is 2. The molecule has 0 radical (unpaired) electrons. The average Bonchev–Trinajstić information content (AvgIpc) is 3.15. The van der Waals surface area contributed by atoms with E-state index in [0.717, 1.165) is 28.6 Å². The lowest BCUT2D eigenvalue weighted by atomic mass is 10.0. The van der Waals surface area contributed by atoms with Gasteiger partial charge in [-0.2, -0.15) is 22.7 Å². The van der Waals surface area contributed by atoms with Gasteiger partial charge in [0.1, 0.15) is 23.6 Å². The first-order valence-electron chi connectivity index (χ1n) is 10.7. The maximum atomic E-state index is 14.3. The predicted octanol–water partition coefficient (Wildman–Crippen LogP) is 2.93. The molecule has 1 heterocycles. The molecule has 13 heteroatoms. The highest BCUT2D eigenvalue weighted by Gasteiger charge is 2.51. The van der Waals surface area contributed by atoms with Crippen LogP contribution in [-0.2, 0) is 16.2 Å². The minimum Gasteiger partial charge on any atom is -0.489 e. The van der Waals surface area contributed by atoms with Crippen LogP contribution >= 0.6 is 0 Å². The Labute approximate surface area is 205 Å². The molecule has 3 rings (SSSR count). The minimum absolute atomic E-state index is 0.0222. The highest BCUT2D eigenvalue weighted by atomic mass is 32.2. The molecule has 1 unspecified atom stereocenters. The number of rotatable bonds is 8. The van der Waals surface area contributed by atoms with Crippen molar-refractivity contribution in [2.45, 2.75) is 36.6 Å². The lowest BCUT2D eigenvalue weighted by Crippen LogP contribution is -2.48. The molecule has 36 heavy (non-hydrogen) atoms. The van der Waals surface area contributed by atoms with Gasteiger partial charge in [-0.25, -0.2) is 12.8 Å². The monoisotopic (exact) mass is 532 g/mol. The summed E-state index contributed by atoms with van der Waals surface area (Å²) in [4.78, 5) is -0.457. The van der Waals surface area contributed by atoms with Crippen LogP contribution < -0.4 is 9.47 Å². The summed E-state index contributed by atoms with van der Waals surface area (Å²) in [5.41, 5.74) is -3.48. The fourth-order valence-electron chi connectivity index (χ4n) is 3.51. The Balaban J connectivity index is 1.91. The average molecular weight is 533 g/mol. The number of benzene rings is 2. The molecule has 2 atom stereocenters. The summed E-state index contributed by atoms with van der Waals surface area (Å²) in [7, 11) is -4.39. The largest absolute Gasteiger partial charge is 0.489 e. The number of hydrogen-bond acceptors (Lipinski definition) is 7. The summed E-state index contributed by atoms with van der Waals surface area (Å²) in [6.45, 7) is 1.79. The van der Waals surface area contributed by atoms with E-state index in [9.17, 15) is 36.2 Å². The van der Waals surface area contributed by atoms with Crippen molar-refractivity contribution in [1.82, 2.24) is 4.31 Å². The summed E-state index contributed by atoms with van der Waals surface area (Å²) in [6.07, 6.45) is -6.06. The van der Waals surface area contributed by atoms with Gasteiger partial charge in [-0.05, 0) is 30.2 Å². The standard InChI is InChI=1S/C23H24F4N2O6S/c1-14(2)11-34-19-7-15(9-28)18(24)8-20(19)35-21-10-29(12-22(21,31)13-30)36(32,33)17-5-3-16(4-6-17)23(25,26)27/h3-8,14,21,30-31H,10-13H2,1-2H3/t21?,22-/m1/s1. The smallest absolute Gasteiger partial charge is 0.416 e. The van der Waals surface area contributed by atoms with Gasteiger partial charge in [-0.1, -0.05) is 13.8 Å². The summed E-state index contributed by atoms with van der Waals surface area (Å²) in [6, 6.07) is 6.46. The van der Waals surface area contributed by atoms with Crippen LogP contribution in [0.15, 0.2) is 41.3 Å². The van der Waals surface area contributed by atoms with Crippen LogP contribution in [0.5, 0.6) is 11.5 Å². The normalized spacial score (nSPS) is 20.9. The maximum absolute atomic E-state index is 14.3. The Bertz CT molecular complexity index is 1240. The number of sulfonamides is 1. The molecular formula is C23H24F4N2O6S. The number of alkyl halides is 3. The molecule has 0 spiro atoms. The second-order valence-electron chi connectivity index (χ2n) is 8.78. The zero-order chi connectivity index (χ0) is 26.9. The highest BCUT2D eigenvalue weighted by Crippen LogP contribution is 2.37. The molecule has 2 aromatic carbocycles. The van der Waals surface area contributed by atoms with Crippen molar-refractivity contribution in [2.75, 3.05) is 26.3 Å². The Morgan fingerprint density at radius 1 is 1.22 bits per heavy atom. The highest BCUT2D eigenvalue weighted by molar-refractivity contribution is 7.89. The fourth-order valence-corrected chi connectivity index (χ4v) is 5.01. The lowest BCUT2D eigenvalue weighted by molar-refractivity contribution is -0.137. The predicted molar refractivity (Wildman–Crippen MR) is 118 cm³/mol. The van der Waals surface area contributed by atoms with Crippen LogP contribution in [0.2, 0.25) is 0 Å². The summed E-state index contributed by atoms with van der Waals surface area (Å²) in [5.74, 6) is -1.13. The zero-order valence-electron chi connectivity index (χ0n) is 19.3. The van der Waals surface area contributed by atoms with Crippen molar-refractivity contribution < 1.29 is 45.7 Å². The quantitative estimate of drug-likeness (QED) is 0.502. The summed E-state index contributed by atoms with van der Waals surface area (Å²) in [5, 5.41) is 29.8. The van der Waals surface area contributed by atoms with Crippen molar-refractivity contribution in [1.29, 1.82) is 5.26 Å². The first-order valence-corrected chi connectivity index (χ1v) is 12.2. The fraction of sp³-hybridized carbons (Fsp3) is 0.435. The number of aliphatic hydroxyl groups excluding tert-OH is 1. The summed E-state index contributed by atoms with van der Waals surface area (Å²) < 4.78 is 91.0. The van der Waals surface area contributed by atoms with Gasteiger partial charge in [0.15, 0.2) is 11.5 Å². The van der Waals surface area contributed by atoms with E-state index in [0.29, 0.717) is 12.1 Å². The van der Waals surface area contributed by atoms with Crippen LogP contribution in [-0.4, -0.2) is 60.9 Å². The zero-order valence-corrected chi connectivity index (χ0v) is 20.1. The first-order chi connectivity index (χ1) is 16.7. The molecule has 0 aromatic heterocycles. The number of aliphatic hydroxyl groups is 2. The minimum atomic E-state index is -4.66. The molecule has 196 valence electrons. The van der Waals surface area contributed by atoms with E-state index in [1.165, 1.54) is 0 Å². The van der Waals surface area contributed by atoms with Crippen molar-refractivity contribution in [3.63, 3.8) is 0 Å². The molecule has 0 aliphatic carbocycles. The molecule has 1 saturated heterocycles. The molecule has 1 aliphatic rings. The Kier molecular flexibility index (Phi) is 7.85. The Hall–Kier alpha value is -2.92. The SMILES string of the molecule is CC(C)COc1cc(C#N)c(F)cc1OC1CN(S(=O)(=O)c2ccc(C(F)(F)F)cc2)C[C@@]1(O)CO. The maximum Gasteiger partial charge on any atom is 0.416 e. The van der Waals surface area contributed by atoms with Gasteiger partial charge in [0.25, 0.3) is 0 Å². The van der Waals surface area contributed by atoms with Gasteiger partial charge in [0.2, 0.25) is 10.0 Å². The van der Waals surface area contributed by atoms with Gasteiger partial charge in [-0.15, -0.1) is 0 Å². The third kappa shape index (κ3) is 5.73. The number of nitriles is 1. The Morgan fingerprint density at radius 3 is 2.39 bits per heavy atom. The molecule has 1 aliphatic heterocycles. The topological polar surface area (TPSA) is 120 Å². The molecule has 2 aromatic rings.